The highest BCUT2D eigenvalue weighted by atomic mass is 79.9. The van der Waals surface area contributed by atoms with Gasteiger partial charge in [-0.3, -0.25) is 48.9 Å². The molecule has 6 aromatic heterocycles. The van der Waals surface area contributed by atoms with Gasteiger partial charge in [0.2, 0.25) is 5.95 Å². The Morgan fingerprint density at radius 2 is 1.17 bits per heavy atom. The van der Waals surface area contributed by atoms with Crippen LogP contribution in [0.15, 0.2) is 84.8 Å². The van der Waals surface area contributed by atoms with Gasteiger partial charge in [0.05, 0.1) is 10.8 Å². The Morgan fingerprint density at radius 3 is 1.69 bits per heavy atom. The maximum absolute atomic E-state index is 11.2. The summed E-state index contributed by atoms with van der Waals surface area (Å²) in [6.45, 7) is 3.52. The molecule has 0 saturated carbocycles. The number of nitrogens with zero attached hydrogens (tertiary/aromatic N) is 7. The van der Waals surface area contributed by atoms with Crippen LogP contribution in [0.4, 0.5) is 5.95 Å². The average molecular weight is 791 g/mol. The molecule has 278 valence electrons. The Hall–Kier alpha value is -6.65. The van der Waals surface area contributed by atoms with Crippen molar-refractivity contribution >= 4 is 33.0 Å². The molecule has 6 heterocycles. The van der Waals surface area contributed by atoms with Crippen LogP contribution in [0.5, 0.6) is 0 Å². The topological polar surface area (TPSA) is 309 Å². The number of fused-ring (bicyclic) bond motifs is 1. The van der Waals surface area contributed by atoms with Gasteiger partial charge in [0.1, 0.15) is 0 Å². The minimum atomic E-state index is -0.409. The molecule has 0 atom stereocenters. The van der Waals surface area contributed by atoms with E-state index < -0.39 is 11.2 Å². The second-order valence-corrected chi connectivity index (χ2v) is 11.5. The summed E-state index contributed by atoms with van der Waals surface area (Å²) in [5.74, 6) is 0.108. The van der Waals surface area contributed by atoms with E-state index in [1.807, 2.05) is 6.92 Å². The van der Waals surface area contributed by atoms with E-state index in [1.54, 1.807) is 52.9 Å². The molecule has 0 aliphatic heterocycles. The number of aromatic nitrogens is 12. The Morgan fingerprint density at radius 1 is 0.654 bits per heavy atom. The molecule has 0 aliphatic carbocycles. The fourth-order valence-corrected chi connectivity index (χ4v) is 4.01. The molecule has 0 radical (unpaired) electrons. The molecule has 6 rings (SSSR count). The number of anilines is 1. The van der Waals surface area contributed by atoms with Gasteiger partial charge < -0.3 is 28.6 Å². The van der Waals surface area contributed by atoms with Crippen molar-refractivity contribution in [1.29, 1.82) is 0 Å². The van der Waals surface area contributed by atoms with Crippen molar-refractivity contribution in [3.05, 3.63) is 146 Å². The number of aryl methyl sites for hydroxylation is 7. The normalized spacial score (nSPS) is 10.0. The number of imidazole rings is 1. The summed E-state index contributed by atoms with van der Waals surface area (Å²) in [6, 6.07) is 1.29. The largest absolute Gasteiger partial charge is 0.369 e. The Bertz CT molecular complexity index is 2590. The molecule has 0 aliphatic rings. The summed E-state index contributed by atoms with van der Waals surface area (Å²) in [6.07, 6.45) is 8.06. The van der Waals surface area contributed by atoms with Crippen molar-refractivity contribution in [2.24, 2.45) is 35.2 Å². The SMILES string of the molecule is CCc1cn(C)c(=O)[nH]c1=O.Cc1cn(C)c(=O)[nH]c1=O.Cn1cc(Br)c(=O)[nH]c1=O.Cn1ccc(=O)[nH]c1=O.Cn1cnc2c(=O)[nH]c(N)nc21. The lowest BCUT2D eigenvalue weighted by Crippen LogP contribution is -2.29. The zero-order valence-electron chi connectivity index (χ0n) is 28.9. The predicted octanol–water partition coefficient (Wildman–Crippen LogP) is -2.83. The quantitative estimate of drug-likeness (QED) is 0.0982. The number of nitrogen functional groups attached to an aromatic ring is 1. The first-order valence-electron chi connectivity index (χ1n) is 14.7. The van der Waals surface area contributed by atoms with Gasteiger partial charge in [-0.05, 0) is 29.3 Å². The molecular formula is C29H36BrN13O9. The van der Waals surface area contributed by atoms with Crippen molar-refractivity contribution < 1.29 is 0 Å². The molecule has 0 aromatic carbocycles. The number of rotatable bonds is 1. The van der Waals surface area contributed by atoms with Gasteiger partial charge in [-0.25, -0.2) is 24.2 Å². The summed E-state index contributed by atoms with van der Waals surface area (Å²) >= 11 is 2.98. The minimum absolute atomic E-state index is 0.108. The van der Waals surface area contributed by atoms with Gasteiger partial charge in [-0.15, -0.1) is 0 Å². The number of nitrogens with two attached hydrogens (primary N) is 1. The molecule has 0 unspecified atom stereocenters. The third-order valence-corrected chi connectivity index (χ3v) is 7.07. The van der Waals surface area contributed by atoms with E-state index in [2.05, 4.69) is 50.8 Å². The Labute approximate surface area is 298 Å². The summed E-state index contributed by atoms with van der Waals surface area (Å²) in [7, 11) is 8.07. The van der Waals surface area contributed by atoms with E-state index in [9.17, 15) is 43.2 Å². The molecule has 0 amide bonds. The third kappa shape index (κ3) is 11.7. The van der Waals surface area contributed by atoms with Crippen LogP contribution in [0.2, 0.25) is 0 Å². The van der Waals surface area contributed by atoms with E-state index in [1.165, 1.54) is 49.3 Å². The first-order valence-corrected chi connectivity index (χ1v) is 15.5. The summed E-state index contributed by atoms with van der Waals surface area (Å²) in [5, 5.41) is 0. The molecule has 0 saturated heterocycles. The first kappa shape index (κ1) is 41.5. The lowest BCUT2D eigenvalue weighted by molar-refractivity contribution is 0.778. The molecule has 0 bridgehead atoms. The van der Waals surface area contributed by atoms with Crippen LogP contribution in [0, 0.1) is 6.92 Å². The molecule has 22 nitrogen and oxygen atoms in total. The predicted molar refractivity (Wildman–Crippen MR) is 195 cm³/mol. The van der Waals surface area contributed by atoms with Gasteiger partial charge in [-0.1, -0.05) is 6.92 Å². The maximum Gasteiger partial charge on any atom is 0.328 e. The molecule has 7 N–H and O–H groups in total. The van der Waals surface area contributed by atoms with Crippen molar-refractivity contribution in [2.75, 3.05) is 5.73 Å². The molecule has 6 aromatic rings. The minimum Gasteiger partial charge on any atom is -0.369 e. The van der Waals surface area contributed by atoms with Crippen molar-refractivity contribution in [1.82, 2.24) is 57.7 Å². The van der Waals surface area contributed by atoms with Gasteiger partial charge in [0, 0.05) is 77.2 Å². The highest BCUT2D eigenvalue weighted by Crippen LogP contribution is 2.02. The van der Waals surface area contributed by atoms with Gasteiger partial charge >= 0.3 is 22.8 Å². The van der Waals surface area contributed by atoms with Crippen molar-refractivity contribution in [2.45, 2.75) is 20.3 Å². The van der Waals surface area contributed by atoms with Gasteiger partial charge in [0.15, 0.2) is 11.2 Å². The highest BCUT2D eigenvalue weighted by molar-refractivity contribution is 9.10. The zero-order chi connectivity index (χ0) is 39.4. The lowest BCUT2D eigenvalue weighted by atomic mass is 10.3. The second kappa shape index (κ2) is 18.4. The zero-order valence-corrected chi connectivity index (χ0v) is 30.5. The number of H-pyrrole nitrogens is 5. The molecule has 52 heavy (non-hydrogen) atoms. The number of halogens is 1. The fraction of sp³-hybridized carbons (Fsp3) is 0.276. The fourth-order valence-electron chi connectivity index (χ4n) is 3.61. The van der Waals surface area contributed by atoms with Crippen LogP contribution in [0.3, 0.4) is 0 Å². The summed E-state index contributed by atoms with van der Waals surface area (Å²) in [5.41, 5.74) is 4.12. The molecule has 23 heteroatoms. The van der Waals surface area contributed by atoms with Gasteiger partial charge in [-0.2, -0.15) is 4.98 Å². The highest BCUT2D eigenvalue weighted by Gasteiger charge is 2.05. The number of aromatic amines is 5. The van der Waals surface area contributed by atoms with Crippen LogP contribution < -0.4 is 56.3 Å². The number of nitrogens with one attached hydrogen (secondary N) is 5. The monoisotopic (exact) mass is 789 g/mol. The third-order valence-electron chi connectivity index (χ3n) is 6.50. The van der Waals surface area contributed by atoms with E-state index in [0.29, 0.717) is 33.2 Å². The first-order chi connectivity index (χ1) is 24.2. The molecule has 0 spiro atoms. The Balaban J connectivity index is 0.000000226. The van der Waals surface area contributed by atoms with E-state index >= 15 is 0 Å². The van der Waals surface area contributed by atoms with E-state index in [-0.39, 0.29) is 45.3 Å². The lowest BCUT2D eigenvalue weighted by Gasteiger charge is -1.97. The van der Waals surface area contributed by atoms with Crippen LogP contribution >= 0.6 is 15.9 Å². The maximum atomic E-state index is 11.2. The van der Waals surface area contributed by atoms with E-state index in [0.717, 1.165) is 0 Å². The molecular weight excluding hydrogens is 754 g/mol. The van der Waals surface area contributed by atoms with Crippen LogP contribution in [0.1, 0.15) is 18.1 Å². The van der Waals surface area contributed by atoms with Gasteiger partial charge in [0.25, 0.3) is 27.8 Å². The van der Waals surface area contributed by atoms with Crippen LogP contribution in [-0.4, -0.2) is 57.7 Å². The number of hydrogen-bond donors (Lipinski definition) is 6. The second-order valence-electron chi connectivity index (χ2n) is 10.6. The van der Waals surface area contributed by atoms with Crippen molar-refractivity contribution in [3.8, 4) is 0 Å². The van der Waals surface area contributed by atoms with Crippen LogP contribution in [-0.2, 0) is 41.7 Å². The summed E-state index contributed by atoms with van der Waals surface area (Å²) < 4.78 is 7.26. The average Bonchev–Trinajstić information content (AvgIpc) is 3.44. The standard InChI is InChI=1S/C7H10N2O2.C6H7N5O.C6H8N2O2.C5H5BrN2O2.C5H6N2O2/c1-3-5-4-9(2)7(11)8-6(5)10;1-11-2-8-3-4(11)9-6(7)10-5(3)12;1-4-3-8(2)6(10)7-5(4)9;1-8-2-3(6)4(9)7-5(8)10;1-7-3-2-4(8)6-5(7)9/h4H,3H2,1-2H3,(H,8,10,11);2H,1H3,(H3,7,9,10,12);3H,1-2H3,(H,7,9,10);2H,1H3,(H,7,9,10);2-3H,1H3,(H,6,8,9). The number of hydrogen-bond acceptors (Lipinski definition) is 12. The summed E-state index contributed by atoms with van der Waals surface area (Å²) in [4.78, 5) is 115. The smallest absolute Gasteiger partial charge is 0.328 e. The van der Waals surface area contributed by atoms with Crippen molar-refractivity contribution in [3.63, 3.8) is 0 Å². The Kier molecular flexibility index (Phi) is 14.7. The van der Waals surface area contributed by atoms with E-state index in [4.69, 9.17) is 5.73 Å². The molecule has 0 fully saturated rings. The van der Waals surface area contributed by atoms with Crippen LogP contribution in [0.25, 0.3) is 11.2 Å².